The fourth-order valence-corrected chi connectivity index (χ4v) is 3.32. The molecule has 0 fully saturated rings. The fourth-order valence-electron chi connectivity index (χ4n) is 2.75. The molecule has 0 saturated heterocycles. The van der Waals surface area contributed by atoms with Crippen molar-refractivity contribution < 1.29 is 4.52 Å². The topological polar surface area (TPSA) is 104 Å². The smallest absolute Gasteiger partial charge is 0.276 e. The van der Waals surface area contributed by atoms with Crippen LogP contribution >= 0.6 is 23.2 Å². The number of aromatic amines is 1. The molecule has 0 aliphatic heterocycles. The normalized spacial score (nSPS) is 11.0. The molecule has 9 heteroatoms. The average molecular weight is 425 g/mol. The second-order valence-corrected chi connectivity index (χ2v) is 7.38. The van der Waals surface area contributed by atoms with Crippen LogP contribution in [0.15, 0.2) is 41.1 Å². The van der Waals surface area contributed by atoms with Crippen molar-refractivity contribution >= 4 is 23.2 Å². The van der Waals surface area contributed by atoms with Crippen LogP contribution in [0.25, 0.3) is 34.2 Å². The van der Waals surface area contributed by atoms with Crippen molar-refractivity contribution in [3.63, 3.8) is 0 Å². The highest BCUT2D eigenvalue weighted by Crippen LogP contribution is 2.35. The Morgan fingerprint density at radius 1 is 1.10 bits per heavy atom. The molecule has 1 N–H and O–H groups in total. The summed E-state index contributed by atoms with van der Waals surface area (Å²) >= 11 is 12.5. The number of aromatic nitrogens is 5. The maximum absolute atomic E-state index is 9.51. The summed E-state index contributed by atoms with van der Waals surface area (Å²) in [4.78, 5) is 16.2. The maximum atomic E-state index is 9.51. The Hall–Kier alpha value is -3.21. The minimum absolute atomic E-state index is 0.157. The average Bonchev–Trinajstić information content (AvgIpc) is 3.36. The van der Waals surface area contributed by atoms with E-state index >= 15 is 0 Å². The monoisotopic (exact) mass is 424 g/mol. The number of nitrogens with one attached hydrogen (secondary N) is 1. The lowest BCUT2D eigenvalue weighted by molar-refractivity contribution is 0.418. The zero-order chi connectivity index (χ0) is 20.5. The number of imidazole rings is 1. The van der Waals surface area contributed by atoms with Gasteiger partial charge in [-0.05, 0) is 24.3 Å². The molecule has 3 aromatic heterocycles. The van der Waals surface area contributed by atoms with Crippen LogP contribution in [0, 0.1) is 11.3 Å². The lowest BCUT2D eigenvalue weighted by Gasteiger charge is -2.03. The van der Waals surface area contributed by atoms with Crippen LogP contribution in [0.1, 0.15) is 31.3 Å². The highest BCUT2D eigenvalue weighted by Gasteiger charge is 2.18. The van der Waals surface area contributed by atoms with Gasteiger partial charge >= 0.3 is 0 Å². The van der Waals surface area contributed by atoms with Crippen molar-refractivity contribution in [2.45, 2.75) is 19.8 Å². The maximum Gasteiger partial charge on any atom is 0.276 e. The van der Waals surface area contributed by atoms with E-state index in [9.17, 15) is 5.26 Å². The van der Waals surface area contributed by atoms with E-state index < -0.39 is 0 Å². The Balaban J connectivity index is 1.72. The molecule has 3 heterocycles. The Morgan fingerprint density at radius 3 is 2.45 bits per heavy atom. The number of benzene rings is 1. The molecule has 0 unspecified atom stereocenters. The van der Waals surface area contributed by atoms with E-state index in [2.05, 4.69) is 31.2 Å². The molecule has 0 radical (unpaired) electrons. The Kier molecular flexibility index (Phi) is 5.05. The van der Waals surface area contributed by atoms with Crippen LogP contribution < -0.4 is 0 Å². The molecule has 0 aliphatic rings. The molecule has 4 rings (SSSR count). The number of H-pyrrole nitrogens is 1. The van der Waals surface area contributed by atoms with E-state index in [1.165, 1.54) is 0 Å². The van der Waals surface area contributed by atoms with Crippen molar-refractivity contribution in [2.24, 2.45) is 0 Å². The molecule has 144 valence electrons. The highest BCUT2D eigenvalue weighted by molar-refractivity contribution is 6.39. The summed E-state index contributed by atoms with van der Waals surface area (Å²) in [5, 5.41) is 14.3. The fraction of sp³-hybridized carbons (Fsp3) is 0.150. The summed E-state index contributed by atoms with van der Waals surface area (Å²) in [5.74, 6) is 1.53. The number of nitriles is 1. The Morgan fingerprint density at radius 2 is 1.86 bits per heavy atom. The molecule has 7 nitrogen and oxygen atoms in total. The molecule has 0 atom stereocenters. The molecule has 0 aliphatic carbocycles. The van der Waals surface area contributed by atoms with E-state index in [1.807, 2.05) is 13.8 Å². The number of hydrogen-bond donors (Lipinski definition) is 1. The quantitative estimate of drug-likeness (QED) is 0.464. The van der Waals surface area contributed by atoms with E-state index in [1.54, 1.807) is 36.5 Å². The number of rotatable bonds is 4. The molecular formula is C20H14Cl2N6O. The second kappa shape index (κ2) is 7.66. The van der Waals surface area contributed by atoms with E-state index in [-0.39, 0.29) is 11.6 Å². The second-order valence-electron chi connectivity index (χ2n) is 6.56. The first-order valence-electron chi connectivity index (χ1n) is 8.72. The highest BCUT2D eigenvalue weighted by atomic mass is 35.5. The predicted molar refractivity (Wildman–Crippen MR) is 109 cm³/mol. The van der Waals surface area contributed by atoms with Gasteiger partial charge < -0.3 is 9.51 Å². The molecule has 1 aromatic carbocycles. The summed E-state index contributed by atoms with van der Waals surface area (Å²) < 4.78 is 5.27. The largest absolute Gasteiger partial charge is 0.337 e. The zero-order valence-corrected chi connectivity index (χ0v) is 17.0. The van der Waals surface area contributed by atoms with E-state index in [0.717, 1.165) is 0 Å². The van der Waals surface area contributed by atoms with Crippen LogP contribution in [-0.2, 0) is 0 Å². The van der Waals surface area contributed by atoms with Crippen molar-refractivity contribution in [2.75, 3.05) is 0 Å². The Labute approximate surface area is 176 Å². The number of hydrogen-bond acceptors (Lipinski definition) is 6. The van der Waals surface area contributed by atoms with Crippen LogP contribution in [0.5, 0.6) is 0 Å². The van der Waals surface area contributed by atoms with Gasteiger partial charge in [-0.2, -0.15) is 10.2 Å². The number of halogens is 2. The van der Waals surface area contributed by atoms with Gasteiger partial charge in [0.05, 0.1) is 21.3 Å². The first-order valence-corrected chi connectivity index (χ1v) is 9.48. The predicted octanol–water partition coefficient (Wildman–Crippen LogP) is 5.49. The summed E-state index contributed by atoms with van der Waals surface area (Å²) in [5.41, 5.74) is 2.49. The van der Waals surface area contributed by atoms with Gasteiger partial charge in [0.2, 0.25) is 0 Å². The molecule has 29 heavy (non-hydrogen) atoms. The molecule has 4 aromatic rings. The summed E-state index contributed by atoms with van der Waals surface area (Å²) in [6, 6.07) is 10.8. The first kappa shape index (κ1) is 19.1. The molecule has 0 amide bonds. The van der Waals surface area contributed by atoms with Crippen LogP contribution in [0.3, 0.4) is 0 Å². The van der Waals surface area contributed by atoms with Gasteiger partial charge in [-0.15, -0.1) is 0 Å². The van der Waals surface area contributed by atoms with Gasteiger partial charge in [-0.1, -0.05) is 48.3 Å². The van der Waals surface area contributed by atoms with Crippen molar-refractivity contribution in [3.8, 4) is 40.3 Å². The lowest BCUT2D eigenvalue weighted by Crippen LogP contribution is -1.90. The standard InChI is InChI=1S/C20H14Cl2N6O/c1-10(2)18-27-20(29-28-18)14-7-6-11(9-24-14)17-15(8-23)25-19(26-17)16-12(21)4-3-5-13(16)22/h3-7,9-10H,1-2H3,(H,25,26). The molecule has 0 bridgehead atoms. The van der Waals surface area contributed by atoms with Crippen molar-refractivity contribution in [1.82, 2.24) is 25.1 Å². The summed E-state index contributed by atoms with van der Waals surface area (Å²) in [6.07, 6.45) is 1.61. The van der Waals surface area contributed by atoms with Crippen LogP contribution in [0.4, 0.5) is 0 Å². The van der Waals surface area contributed by atoms with Gasteiger partial charge in [-0.25, -0.2) is 4.98 Å². The van der Waals surface area contributed by atoms with Crippen molar-refractivity contribution in [3.05, 3.63) is 58.1 Å². The first-order chi connectivity index (χ1) is 14.0. The minimum Gasteiger partial charge on any atom is -0.337 e. The molecular weight excluding hydrogens is 411 g/mol. The van der Waals surface area contributed by atoms with Crippen LogP contribution in [-0.4, -0.2) is 25.1 Å². The Bertz CT molecular complexity index is 1200. The lowest BCUT2D eigenvalue weighted by atomic mass is 10.1. The third kappa shape index (κ3) is 3.60. The number of nitrogens with zero attached hydrogens (tertiary/aromatic N) is 5. The summed E-state index contributed by atoms with van der Waals surface area (Å²) in [7, 11) is 0. The summed E-state index contributed by atoms with van der Waals surface area (Å²) in [6.45, 7) is 3.96. The van der Waals surface area contributed by atoms with E-state index in [4.69, 9.17) is 27.7 Å². The SMILES string of the molecule is CC(C)c1noc(-c2ccc(-c3[nH]c(-c4c(Cl)cccc4Cl)nc3C#N)cn2)n1. The van der Waals surface area contributed by atoms with Gasteiger partial charge in [0, 0.05) is 17.7 Å². The zero-order valence-electron chi connectivity index (χ0n) is 15.4. The van der Waals surface area contributed by atoms with Gasteiger partial charge in [0.1, 0.15) is 17.6 Å². The van der Waals surface area contributed by atoms with Gasteiger partial charge in [0.25, 0.3) is 5.89 Å². The molecule has 0 saturated carbocycles. The van der Waals surface area contributed by atoms with Crippen LogP contribution in [0.2, 0.25) is 10.0 Å². The molecule has 0 spiro atoms. The van der Waals surface area contributed by atoms with E-state index in [0.29, 0.717) is 50.1 Å². The van der Waals surface area contributed by atoms with Gasteiger partial charge in [0.15, 0.2) is 11.5 Å². The third-order valence-corrected chi connectivity index (χ3v) is 4.87. The minimum atomic E-state index is 0.157. The number of pyridine rings is 1. The third-order valence-electron chi connectivity index (χ3n) is 4.24. The van der Waals surface area contributed by atoms with Gasteiger partial charge in [-0.3, -0.25) is 4.98 Å². The van der Waals surface area contributed by atoms with Crippen molar-refractivity contribution in [1.29, 1.82) is 5.26 Å².